The standard InChI is InChI=1S/C10H17N3O3S/c1-10(2,3)13-17(14,15)9-5-6-11-8(9)7-12-16-4/h5-7,11,13H,1-4H3/b12-7+. The zero-order valence-corrected chi connectivity index (χ0v) is 11.1. The summed E-state index contributed by atoms with van der Waals surface area (Å²) in [6.45, 7) is 5.33. The number of nitrogens with zero attached hydrogens (tertiary/aromatic N) is 1. The summed E-state index contributed by atoms with van der Waals surface area (Å²) in [6, 6.07) is 1.48. The number of oxime groups is 1. The van der Waals surface area contributed by atoms with Crippen LogP contribution < -0.4 is 4.72 Å². The van der Waals surface area contributed by atoms with E-state index in [2.05, 4.69) is 19.7 Å². The summed E-state index contributed by atoms with van der Waals surface area (Å²) in [6.07, 6.45) is 2.85. The van der Waals surface area contributed by atoms with E-state index in [9.17, 15) is 8.42 Å². The zero-order chi connectivity index (χ0) is 13.1. The Morgan fingerprint density at radius 2 is 2.12 bits per heavy atom. The van der Waals surface area contributed by atoms with Crippen LogP contribution in [-0.2, 0) is 14.9 Å². The smallest absolute Gasteiger partial charge is 0.243 e. The molecule has 0 amide bonds. The molecular weight excluding hydrogens is 242 g/mol. The molecule has 6 nitrogen and oxygen atoms in total. The highest BCUT2D eigenvalue weighted by molar-refractivity contribution is 7.89. The lowest BCUT2D eigenvalue weighted by Gasteiger charge is -2.20. The van der Waals surface area contributed by atoms with E-state index in [-0.39, 0.29) is 4.90 Å². The number of H-pyrrole nitrogens is 1. The van der Waals surface area contributed by atoms with Gasteiger partial charge in [0, 0.05) is 11.7 Å². The monoisotopic (exact) mass is 259 g/mol. The van der Waals surface area contributed by atoms with Gasteiger partial charge in [-0.15, -0.1) is 0 Å². The summed E-state index contributed by atoms with van der Waals surface area (Å²) in [5, 5.41) is 3.54. The highest BCUT2D eigenvalue weighted by Crippen LogP contribution is 2.15. The summed E-state index contributed by atoms with van der Waals surface area (Å²) in [5.41, 5.74) is -0.158. The molecule has 0 aliphatic carbocycles. The third-order valence-corrected chi connectivity index (χ3v) is 3.57. The zero-order valence-electron chi connectivity index (χ0n) is 10.3. The Morgan fingerprint density at radius 1 is 1.47 bits per heavy atom. The van der Waals surface area contributed by atoms with Crippen LogP contribution in [0.5, 0.6) is 0 Å². The molecule has 0 spiro atoms. The quantitative estimate of drug-likeness (QED) is 0.626. The molecule has 1 aromatic heterocycles. The molecule has 96 valence electrons. The van der Waals surface area contributed by atoms with Crippen molar-refractivity contribution in [3.8, 4) is 0 Å². The molecule has 1 heterocycles. The Morgan fingerprint density at radius 3 is 2.65 bits per heavy atom. The van der Waals surface area contributed by atoms with Gasteiger partial charge in [-0.3, -0.25) is 0 Å². The maximum Gasteiger partial charge on any atom is 0.243 e. The number of aromatic nitrogens is 1. The van der Waals surface area contributed by atoms with E-state index < -0.39 is 15.6 Å². The van der Waals surface area contributed by atoms with Crippen molar-refractivity contribution in [3.63, 3.8) is 0 Å². The molecule has 0 aliphatic heterocycles. The molecule has 1 rings (SSSR count). The van der Waals surface area contributed by atoms with E-state index in [1.165, 1.54) is 25.6 Å². The van der Waals surface area contributed by atoms with Crippen LogP contribution in [0.3, 0.4) is 0 Å². The number of nitrogens with one attached hydrogen (secondary N) is 2. The fourth-order valence-electron chi connectivity index (χ4n) is 1.27. The van der Waals surface area contributed by atoms with Gasteiger partial charge in [-0.25, -0.2) is 13.1 Å². The second-order valence-corrected chi connectivity index (χ2v) is 6.18. The van der Waals surface area contributed by atoms with Crippen LogP contribution in [-0.4, -0.2) is 32.3 Å². The van der Waals surface area contributed by atoms with Gasteiger partial charge in [0.25, 0.3) is 0 Å². The lowest BCUT2D eigenvalue weighted by Crippen LogP contribution is -2.40. The van der Waals surface area contributed by atoms with Gasteiger partial charge in [0.1, 0.15) is 12.0 Å². The predicted octanol–water partition coefficient (Wildman–Crippen LogP) is 1.07. The molecule has 0 bridgehead atoms. The Kier molecular flexibility index (Phi) is 3.94. The molecule has 0 radical (unpaired) electrons. The number of sulfonamides is 1. The van der Waals surface area contributed by atoms with Crippen LogP contribution in [0.1, 0.15) is 26.5 Å². The van der Waals surface area contributed by atoms with Crippen molar-refractivity contribution >= 4 is 16.2 Å². The van der Waals surface area contributed by atoms with Gasteiger partial charge >= 0.3 is 0 Å². The molecule has 0 saturated carbocycles. The normalized spacial score (nSPS) is 13.2. The van der Waals surface area contributed by atoms with E-state index in [4.69, 9.17) is 0 Å². The Balaban J connectivity index is 3.08. The lowest BCUT2D eigenvalue weighted by molar-refractivity contribution is 0.215. The summed E-state index contributed by atoms with van der Waals surface area (Å²) in [4.78, 5) is 7.45. The largest absolute Gasteiger partial charge is 0.399 e. The van der Waals surface area contributed by atoms with Crippen molar-refractivity contribution < 1.29 is 13.3 Å². The Bertz CT molecular complexity index is 497. The van der Waals surface area contributed by atoms with E-state index in [1.54, 1.807) is 20.8 Å². The van der Waals surface area contributed by atoms with E-state index >= 15 is 0 Å². The van der Waals surface area contributed by atoms with Gasteiger partial charge in [-0.05, 0) is 26.8 Å². The van der Waals surface area contributed by atoms with E-state index in [0.717, 1.165) is 0 Å². The van der Waals surface area contributed by atoms with Crippen LogP contribution in [0.4, 0.5) is 0 Å². The molecule has 0 fully saturated rings. The third kappa shape index (κ3) is 3.86. The van der Waals surface area contributed by atoms with Gasteiger partial charge in [0.2, 0.25) is 10.0 Å². The van der Waals surface area contributed by atoms with E-state index in [1.807, 2.05) is 0 Å². The van der Waals surface area contributed by atoms with Crippen LogP contribution in [0, 0.1) is 0 Å². The fourth-order valence-corrected chi connectivity index (χ4v) is 2.83. The minimum absolute atomic E-state index is 0.147. The van der Waals surface area contributed by atoms with Gasteiger partial charge < -0.3 is 9.82 Å². The first kappa shape index (κ1) is 13.7. The topological polar surface area (TPSA) is 83.5 Å². The van der Waals surface area contributed by atoms with Gasteiger partial charge in [0.05, 0.1) is 11.9 Å². The van der Waals surface area contributed by atoms with Crippen LogP contribution in [0.15, 0.2) is 22.3 Å². The highest BCUT2D eigenvalue weighted by atomic mass is 32.2. The van der Waals surface area contributed by atoms with Crippen molar-refractivity contribution in [2.24, 2.45) is 5.16 Å². The molecular formula is C10H17N3O3S. The molecule has 7 heteroatoms. The Hall–Kier alpha value is -1.34. The predicted molar refractivity (Wildman–Crippen MR) is 65.5 cm³/mol. The highest BCUT2D eigenvalue weighted by Gasteiger charge is 2.24. The molecule has 0 aliphatic rings. The summed E-state index contributed by atoms with van der Waals surface area (Å²) >= 11 is 0. The number of rotatable bonds is 4. The second-order valence-electron chi connectivity index (χ2n) is 4.53. The van der Waals surface area contributed by atoms with Gasteiger partial charge in [0.15, 0.2) is 0 Å². The molecule has 0 atom stereocenters. The second kappa shape index (κ2) is 4.89. The molecule has 0 saturated heterocycles. The van der Waals surface area contributed by atoms with Crippen molar-refractivity contribution in [1.29, 1.82) is 0 Å². The van der Waals surface area contributed by atoms with Crippen LogP contribution in [0.25, 0.3) is 0 Å². The van der Waals surface area contributed by atoms with Crippen molar-refractivity contribution in [2.75, 3.05) is 7.11 Å². The minimum atomic E-state index is -3.56. The third-order valence-electron chi connectivity index (χ3n) is 1.76. The lowest BCUT2D eigenvalue weighted by atomic mass is 10.1. The molecule has 2 N–H and O–H groups in total. The maximum absolute atomic E-state index is 12.1. The SMILES string of the molecule is CO/N=C/c1[nH]ccc1S(=O)(=O)NC(C)(C)C. The van der Waals surface area contributed by atoms with Crippen LogP contribution >= 0.6 is 0 Å². The summed E-state index contributed by atoms with van der Waals surface area (Å²) in [5.74, 6) is 0. The first-order valence-electron chi connectivity index (χ1n) is 5.04. The van der Waals surface area contributed by atoms with Gasteiger partial charge in [-0.2, -0.15) is 0 Å². The minimum Gasteiger partial charge on any atom is -0.399 e. The van der Waals surface area contributed by atoms with Gasteiger partial charge in [-0.1, -0.05) is 5.16 Å². The van der Waals surface area contributed by atoms with Crippen molar-refractivity contribution in [1.82, 2.24) is 9.71 Å². The number of hydrogen-bond acceptors (Lipinski definition) is 4. The maximum atomic E-state index is 12.1. The molecule has 0 unspecified atom stereocenters. The molecule has 0 aromatic carbocycles. The van der Waals surface area contributed by atoms with Crippen LogP contribution in [0.2, 0.25) is 0 Å². The fraction of sp³-hybridized carbons (Fsp3) is 0.500. The van der Waals surface area contributed by atoms with Crippen molar-refractivity contribution in [3.05, 3.63) is 18.0 Å². The summed E-state index contributed by atoms with van der Waals surface area (Å²) < 4.78 is 26.7. The number of hydrogen-bond donors (Lipinski definition) is 2. The van der Waals surface area contributed by atoms with E-state index in [0.29, 0.717) is 5.69 Å². The Labute approximate surface area is 101 Å². The summed E-state index contributed by atoms with van der Waals surface area (Å²) in [7, 11) is -2.17. The molecule has 1 aromatic rings. The molecule has 17 heavy (non-hydrogen) atoms. The first-order chi connectivity index (χ1) is 7.76. The average Bonchev–Trinajstić information content (AvgIpc) is 2.59. The average molecular weight is 259 g/mol. The van der Waals surface area contributed by atoms with Crippen molar-refractivity contribution in [2.45, 2.75) is 31.2 Å². The number of aromatic amines is 1. The first-order valence-corrected chi connectivity index (χ1v) is 6.52.